The number of esters is 14. The fourth-order valence-electron chi connectivity index (χ4n) is 18.0. The van der Waals surface area contributed by atoms with Gasteiger partial charge in [0.25, 0.3) is 0 Å². The molecule has 0 aromatic rings. The van der Waals surface area contributed by atoms with Crippen molar-refractivity contribution in [3.8, 4) is 0 Å². The molecule has 15 aliphatic heterocycles. The van der Waals surface area contributed by atoms with E-state index in [0.29, 0.717) is 38.5 Å². The van der Waals surface area contributed by atoms with E-state index in [-0.39, 0.29) is 129 Å². The lowest BCUT2D eigenvalue weighted by atomic mass is 9.78. The van der Waals surface area contributed by atoms with Gasteiger partial charge in [-0.2, -0.15) is 0 Å². The highest BCUT2D eigenvalue weighted by molar-refractivity contribution is 5.91. The van der Waals surface area contributed by atoms with Crippen LogP contribution in [0.2, 0.25) is 0 Å². The Morgan fingerprint density at radius 1 is 0.333 bits per heavy atom. The standard InChI is InChI=1S/C21H30O7.C18H26O7.C16H22O7.C15H20O7.C13H18O5.10CH4/c1-5-20(3,4)19(24)27-16-14-12(11-13(25-14)15(16)26-17(11)22)18(23)28-21(6-2)9-7-8-10-21;1-7-18(5,6)16(21)24-13-11-9(15(20)25-17(2,3)4)8-10(22-11)12(13)23-14(8)19;1-5-16(3,4)15(19)23-12-9-7(13(17)20-6-2)8-10(21-9)11(12)22-14(8)18;1-5-15(2,3)14(18)22-11-8-6(12(16)19-4)7-9(20-8)10(11)21-13(7)17;1-4-13(2,3)12(15)18-9-7-5-6-8(16-7)10(9)17-11(6)14;;;;;;;;;;/h11-16H,5-10H2,1-4H3;8-13H,7H2,1-6H3;7-12H,5-6H2,1-4H3;6-11H,5H2,1-4H3;6-10H,4-5H2,1-3H3;10*1H4. The third kappa shape index (κ3) is 20.3. The molecular formula is C93H156O33. The van der Waals surface area contributed by atoms with Crippen LogP contribution in [-0.2, 0) is 157 Å². The van der Waals surface area contributed by atoms with E-state index in [1.807, 2.05) is 69.2 Å². The third-order valence-electron chi connectivity index (χ3n) is 27.3. The number of methoxy groups -OCH3 is 1. The van der Waals surface area contributed by atoms with E-state index in [0.717, 1.165) is 32.1 Å². The predicted molar refractivity (Wildman–Crippen MR) is 458 cm³/mol. The van der Waals surface area contributed by atoms with E-state index < -0.39 is 249 Å². The Kier molecular flexibility index (Phi) is 38.2. The van der Waals surface area contributed by atoms with Crippen LogP contribution >= 0.6 is 0 Å². The summed E-state index contributed by atoms with van der Waals surface area (Å²) in [5, 5.41) is 0. The number of carbonyl (C=O) groups is 14. The van der Waals surface area contributed by atoms with E-state index in [1.54, 1.807) is 69.2 Å². The van der Waals surface area contributed by atoms with Crippen LogP contribution in [0.1, 0.15) is 283 Å². The molecule has 0 aromatic heterocycles. The lowest BCUT2D eigenvalue weighted by molar-refractivity contribution is -0.176. The molecule has 1 saturated carbocycles. The van der Waals surface area contributed by atoms with Crippen molar-refractivity contribution in [3.63, 3.8) is 0 Å². The van der Waals surface area contributed by atoms with Gasteiger partial charge in [0.2, 0.25) is 0 Å². The minimum Gasteiger partial charge on any atom is -0.469 e. The molecule has 15 saturated heterocycles. The van der Waals surface area contributed by atoms with Crippen molar-refractivity contribution >= 4 is 83.6 Å². The fourth-order valence-corrected chi connectivity index (χ4v) is 18.0. The molecule has 29 atom stereocenters. The van der Waals surface area contributed by atoms with Gasteiger partial charge in [-0.15, -0.1) is 0 Å². The van der Waals surface area contributed by atoms with E-state index in [9.17, 15) is 67.1 Å². The zero-order valence-electron chi connectivity index (χ0n) is 70.2. The second-order valence-electron chi connectivity index (χ2n) is 37.5. The molecule has 16 fully saturated rings. The van der Waals surface area contributed by atoms with Crippen molar-refractivity contribution in [2.75, 3.05) is 13.7 Å². The Bertz CT molecular complexity index is 3880. The normalized spacial score (nSPS) is 35.1. The largest absolute Gasteiger partial charge is 0.469 e. The molecule has 15 heterocycles. The first kappa shape index (κ1) is 114. The molecule has 16 rings (SSSR count). The molecule has 33 heteroatoms. The van der Waals surface area contributed by atoms with Crippen LogP contribution in [-0.4, -0.2) is 231 Å². The average molecular weight is 1800 g/mol. The average Bonchev–Trinajstić information content (AvgIpc) is 1.56. The summed E-state index contributed by atoms with van der Waals surface area (Å²) in [4.78, 5) is 172. The SMILES string of the molecule is C.C.C.C.C.C.C.C.C.C.CCC(C)(C)C(=O)OC1C2CC3C(=O)OC1C3O2.CCC(C)(C)C(=O)OC1C2OC(=O)C3C2OC1C3C(=O)OC.CCC(C)(C)C(=O)OC1C2OC(=O)C3C2OC1C3C(=O)OC(C)(C)C.CCC1(OC(=O)C2C3OC4C(OC(=O)C42)C3OC(=O)C(C)(C)CC)CCCC1.CCOC(=O)C1C2OC3C(OC(=O)C31)C2OC(=O)C(C)(C)CC. The Morgan fingerprint density at radius 3 is 0.881 bits per heavy atom. The minimum absolute atomic E-state index is 0. The van der Waals surface area contributed by atoms with Crippen LogP contribution in [0.4, 0.5) is 0 Å². The van der Waals surface area contributed by atoms with Crippen LogP contribution in [0.3, 0.4) is 0 Å². The minimum atomic E-state index is -0.807. The summed E-state index contributed by atoms with van der Waals surface area (Å²) >= 11 is 0. The topological polar surface area (TPSA) is 414 Å². The van der Waals surface area contributed by atoms with E-state index in [4.69, 9.17) is 90.0 Å². The van der Waals surface area contributed by atoms with Gasteiger partial charge in [-0.1, -0.05) is 116 Å². The third-order valence-corrected chi connectivity index (χ3v) is 27.3. The highest BCUT2D eigenvalue weighted by Crippen LogP contribution is 2.57. The van der Waals surface area contributed by atoms with Gasteiger partial charge in [-0.05, 0) is 168 Å². The Morgan fingerprint density at radius 2 is 0.603 bits per heavy atom. The number of ether oxygens (including phenoxy) is 19. The number of hydrogen-bond donors (Lipinski definition) is 0. The molecule has 10 bridgehead atoms. The quantitative estimate of drug-likeness (QED) is 0.0717. The zero-order valence-corrected chi connectivity index (χ0v) is 70.2. The van der Waals surface area contributed by atoms with Gasteiger partial charge in [0.1, 0.15) is 113 Å². The van der Waals surface area contributed by atoms with Gasteiger partial charge in [0, 0.05) is 0 Å². The molecule has 126 heavy (non-hydrogen) atoms. The maximum atomic E-state index is 13.1. The van der Waals surface area contributed by atoms with Gasteiger partial charge in [-0.25, -0.2) is 0 Å². The summed E-state index contributed by atoms with van der Waals surface area (Å²) in [7, 11) is 1.26. The zero-order chi connectivity index (χ0) is 85.2. The molecule has 0 radical (unpaired) electrons. The molecule has 0 spiro atoms. The number of hydrogen-bond acceptors (Lipinski definition) is 33. The van der Waals surface area contributed by atoms with E-state index in [2.05, 4.69) is 0 Å². The summed E-state index contributed by atoms with van der Waals surface area (Å²) in [6.07, 6.45) is -3.41. The van der Waals surface area contributed by atoms with Crippen molar-refractivity contribution in [2.24, 2.45) is 80.3 Å². The number of fused-ring (bicyclic) bond motifs is 5. The van der Waals surface area contributed by atoms with Gasteiger partial charge in [-0.3, -0.25) is 67.1 Å². The molecule has 1 aliphatic carbocycles. The lowest BCUT2D eigenvalue weighted by Gasteiger charge is -2.33. The highest BCUT2D eigenvalue weighted by atomic mass is 16.7. The first-order valence-corrected chi connectivity index (χ1v) is 41.3. The molecule has 726 valence electrons. The summed E-state index contributed by atoms with van der Waals surface area (Å²) in [5.41, 5.74) is -4.26. The monoisotopic (exact) mass is 1800 g/mol. The summed E-state index contributed by atoms with van der Waals surface area (Å²) in [5.74, 6) is -11.8. The van der Waals surface area contributed by atoms with Crippen molar-refractivity contribution in [1.29, 1.82) is 0 Å². The van der Waals surface area contributed by atoms with Crippen LogP contribution in [0.25, 0.3) is 0 Å². The Balaban J connectivity index is 0.000000526. The Hall–Kier alpha value is -7.62. The van der Waals surface area contributed by atoms with E-state index >= 15 is 0 Å². The maximum absolute atomic E-state index is 13.1. The van der Waals surface area contributed by atoms with Crippen LogP contribution < -0.4 is 0 Å². The highest BCUT2D eigenvalue weighted by Gasteiger charge is 2.77. The number of carbonyl (C=O) groups excluding carboxylic acids is 14. The fraction of sp³-hybridized carbons (Fsp3) is 0.849. The smallest absolute Gasteiger partial charge is 0.313 e. The van der Waals surface area contributed by atoms with Gasteiger partial charge in [0.15, 0.2) is 61.0 Å². The van der Waals surface area contributed by atoms with Gasteiger partial charge < -0.3 is 90.0 Å². The van der Waals surface area contributed by atoms with Gasteiger partial charge in [0.05, 0.1) is 52.8 Å². The van der Waals surface area contributed by atoms with Crippen molar-refractivity contribution in [2.45, 2.75) is 417 Å². The summed E-state index contributed by atoms with van der Waals surface area (Å²) < 4.78 is 105. The lowest BCUT2D eigenvalue weighted by Crippen LogP contribution is -2.50. The molecule has 33 nitrogen and oxygen atoms in total. The molecule has 0 amide bonds. The molecular weight excluding hydrogens is 1640 g/mol. The molecule has 29 unspecified atom stereocenters. The molecule has 16 aliphatic rings. The van der Waals surface area contributed by atoms with Crippen LogP contribution in [0.15, 0.2) is 0 Å². The van der Waals surface area contributed by atoms with Crippen LogP contribution in [0.5, 0.6) is 0 Å². The Labute approximate surface area is 748 Å². The van der Waals surface area contributed by atoms with E-state index in [1.165, 1.54) is 7.11 Å². The first-order chi connectivity index (χ1) is 54.2. The maximum Gasteiger partial charge on any atom is 0.313 e. The second kappa shape index (κ2) is 42.1. The second-order valence-corrected chi connectivity index (χ2v) is 37.5. The van der Waals surface area contributed by atoms with Crippen molar-refractivity contribution in [3.05, 3.63) is 0 Å². The van der Waals surface area contributed by atoms with Crippen molar-refractivity contribution in [1.82, 2.24) is 0 Å². The number of rotatable bonds is 22. The van der Waals surface area contributed by atoms with Crippen LogP contribution in [0, 0.1) is 80.3 Å². The summed E-state index contributed by atoms with van der Waals surface area (Å²) in [6.45, 7) is 36.8. The first-order valence-electron chi connectivity index (χ1n) is 41.3. The van der Waals surface area contributed by atoms with Crippen molar-refractivity contribution < 1.29 is 157 Å². The summed E-state index contributed by atoms with van der Waals surface area (Å²) in [6, 6.07) is 0. The predicted octanol–water partition coefficient (Wildman–Crippen LogP) is 12.8. The molecule has 0 N–H and O–H groups in total. The molecule has 0 aromatic carbocycles. The van der Waals surface area contributed by atoms with Gasteiger partial charge >= 0.3 is 83.6 Å².